The minimum absolute atomic E-state index is 0.0867. The largest absolute Gasteiger partial charge is 0.465 e. The van der Waals surface area contributed by atoms with Crippen LogP contribution in [0.5, 0.6) is 0 Å². The van der Waals surface area contributed by atoms with Gasteiger partial charge in [-0.2, -0.15) is 4.98 Å². The maximum Gasteiger partial charge on any atom is 0.414 e. The lowest BCUT2D eigenvalue weighted by Gasteiger charge is -2.13. The SMILES string of the molecule is CCCN(C(=O)O)C(=O)c1noc(-c2ccccc2)n1. The highest BCUT2D eigenvalue weighted by molar-refractivity contribution is 6.00. The molecule has 7 nitrogen and oxygen atoms in total. The second kappa shape index (κ2) is 5.96. The van der Waals surface area contributed by atoms with Gasteiger partial charge >= 0.3 is 12.0 Å². The predicted octanol–water partition coefficient (Wildman–Crippen LogP) is 2.27. The van der Waals surface area contributed by atoms with Crippen molar-refractivity contribution in [2.75, 3.05) is 6.54 Å². The first-order valence-electron chi connectivity index (χ1n) is 6.07. The zero-order chi connectivity index (χ0) is 14.5. The molecule has 2 amide bonds. The van der Waals surface area contributed by atoms with E-state index in [1.807, 2.05) is 6.07 Å². The van der Waals surface area contributed by atoms with Crippen LogP contribution in [-0.4, -0.2) is 38.7 Å². The zero-order valence-corrected chi connectivity index (χ0v) is 10.8. The third-order valence-electron chi connectivity index (χ3n) is 2.56. The number of benzene rings is 1. The van der Waals surface area contributed by atoms with Crippen molar-refractivity contribution in [3.05, 3.63) is 36.2 Å². The number of rotatable bonds is 4. The maximum absolute atomic E-state index is 12.0. The van der Waals surface area contributed by atoms with Crippen molar-refractivity contribution in [3.8, 4) is 11.5 Å². The van der Waals surface area contributed by atoms with Gasteiger partial charge in [-0.05, 0) is 18.6 Å². The van der Waals surface area contributed by atoms with Crippen molar-refractivity contribution in [2.24, 2.45) is 0 Å². The van der Waals surface area contributed by atoms with Crippen molar-refractivity contribution >= 4 is 12.0 Å². The number of imide groups is 1. The highest BCUT2D eigenvalue weighted by Gasteiger charge is 2.26. The highest BCUT2D eigenvalue weighted by Crippen LogP contribution is 2.16. The first-order chi connectivity index (χ1) is 9.63. The first-order valence-corrected chi connectivity index (χ1v) is 6.07. The summed E-state index contributed by atoms with van der Waals surface area (Å²) in [4.78, 5) is 27.6. The van der Waals surface area contributed by atoms with Gasteiger partial charge in [-0.1, -0.05) is 30.3 Å². The van der Waals surface area contributed by atoms with Crippen LogP contribution in [0.4, 0.5) is 4.79 Å². The Morgan fingerprint density at radius 2 is 2.00 bits per heavy atom. The van der Waals surface area contributed by atoms with E-state index >= 15 is 0 Å². The van der Waals surface area contributed by atoms with Crippen LogP contribution >= 0.6 is 0 Å². The van der Waals surface area contributed by atoms with Crippen LogP contribution in [0, 0.1) is 0 Å². The van der Waals surface area contributed by atoms with Crippen LogP contribution in [0.2, 0.25) is 0 Å². The molecule has 0 aliphatic heterocycles. The van der Waals surface area contributed by atoms with Crippen LogP contribution in [0.3, 0.4) is 0 Å². The second-order valence-electron chi connectivity index (χ2n) is 4.03. The van der Waals surface area contributed by atoms with Gasteiger partial charge < -0.3 is 9.63 Å². The molecule has 0 unspecified atom stereocenters. The minimum atomic E-state index is -1.33. The molecule has 0 saturated heterocycles. The van der Waals surface area contributed by atoms with Crippen LogP contribution in [-0.2, 0) is 0 Å². The lowest BCUT2D eigenvalue weighted by molar-refractivity contribution is 0.0727. The van der Waals surface area contributed by atoms with Crippen molar-refractivity contribution in [1.82, 2.24) is 15.0 Å². The molecule has 2 rings (SSSR count). The van der Waals surface area contributed by atoms with E-state index in [0.717, 1.165) is 0 Å². The molecule has 1 heterocycles. The Bertz CT molecular complexity index is 609. The standard InChI is InChI=1S/C13H13N3O4/c1-2-8-16(13(18)19)12(17)10-14-11(20-15-10)9-6-4-3-5-7-9/h3-7H,2,8H2,1H3,(H,18,19). The lowest BCUT2D eigenvalue weighted by atomic mass is 10.2. The van der Waals surface area contributed by atoms with Crippen molar-refractivity contribution in [1.29, 1.82) is 0 Å². The average Bonchev–Trinajstić information content (AvgIpc) is 2.94. The molecule has 104 valence electrons. The van der Waals surface area contributed by atoms with Gasteiger partial charge in [-0.25, -0.2) is 9.69 Å². The number of nitrogens with zero attached hydrogens (tertiary/aromatic N) is 3. The molecular formula is C13H13N3O4. The molecular weight excluding hydrogens is 262 g/mol. The number of carbonyl (C=O) groups excluding carboxylic acids is 1. The molecule has 2 aromatic rings. The van der Waals surface area contributed by atoms with E-state index in [4.69, 9.17) is 9.63 Å². The molecule has 20 heavy (non-hydrogen) atoms. The smallest absolute Gasteiger partial charge is 0.414 e. The van der Waals surface area contributed by atoms with Gasteiger partial charge in [0.2, 0.25) is 0 Å². The number of carbonyl (C=O) groups is 2. The third-order valence-corrected chi connectivity index (χ3v) is 2.56. The normalized spacial score (nSPS) is 10.2. The van der Waals surface area contributed by atoms with E-state index in [1.165, 1.54) is 0 Å². The summed E-state index contributed by atoms with van der Waals surface area (Å²) in [5.74, 6) is -0.874. The fraction of sp³-hybridized carbons (Fsp3) is 0.231. The van der Waals surface area contributed by atoms with Gasteiger partial charge in [0.05, 0.1) is 0 Å². The van der Waals surface area contributed by atoms with Crippen molar-refractivity contribution in [3.63, 3.8) is 0 Å². The van der Waals surface area contributed by atoms with Crippen molar-refractivity contribution < 1.29 is 19.2 Å². The van der Waals surface area contributed by atoms with Gasteiger partial charge in [0, 0.05) is 12.1 Å². The second-order valence-corrected chi connectivity index (χ2v) is 4.03. The topological polar surface area (TPSA) is 96.5 Å². The summed E-state index contributed by atoms with van der Waals surface area (Å²) in [7, 11) is 0. The van der Waals surface area contributed by atoms with Crippen molar-refractivity contribution in [2.45, 2.75) is 13.3 Å². The number of amides is 2. The summed E-state index contributed by atoms with van der Waals surface area (Å²) in [5, 5.41) is 12.5. The Morgan fingerprint density at radius 3 is 2.60 bits per heavy atom. The molecule has 0 spiro atoms. The molecule has 0 fully saturated rings. The molecule has 1 N–H and O–H groups in total. The lowest BCUT2D eigenvalue weighted by Crippen LogP contribution is -2.36. The van der Waals surface area contributed by atoms with E-state index in [0.29, 0.717) is 16.9 Å². The fourth-order valence-electron chi connectivity index (χ4n) is 1.64. The number of carboxylic acid groups (broad SMARTS) is 1. The third kappa shape index (κ3) is 2.82. The van der Waals surface area contributed by atoms with Crippen LogP contribution in [0.1, 0.15) is 24.0 Å². The predicted molar refractivity (Wildman–Crippen MR) is 69.1 cm³/mol. The molecule has 7 heteroatoms. The Labute approximate surface area is 114 Å². The molecule has 0 saturated carbocycles. The van der Waals surface area contributed by atoms with Crippen LogP contribution in [0.15, 0.2) is 34.9 Å². The monoisotopic (exact) mass is 275 g/mol. The van der Waals surface area contributed by atoms with Gasteiger partial charge in [0.25, 0.3) is 11.7 Å². The maximum atomic E-state index is 12.0. The highest BCUT2D eigenvalue weighted by atomic mass is 16.5. The number of hydrogen-bond donors (Lipinski definition) is 1. The molecule has 0 atom stereocenters. The molecule has 0 aliphatic rings. The Hall–Kier alpha value is -2.70. The summed E-state index contributed by atoms with van der Waals surface area (Å²) in [5.41, 5.74) is 0.663. The average molecular weight is 275 g/mol. The minimum Gasteiger partial charge on any atom is -0.465 e. The number of aromatic nitrogens is 2. The van der Waals surface area contributed by atoms with Gasteiger partial charge in [0.15, 0.2) is 0 Å². The van der Waals surface area contributed by atoms with E-state index in [-0.39, 0.29) is 18.3 Å². The fourth-order valence-corrected chi connectivity index (χ4v) is 1.64. The van der Waals surface area contributed by atoms with E-state index in [9.17, 15) is 9.59 Å². The molecule has 1 aromatic carbocycles. The Morgan fingerprint density at radius 1 is 1.30 bits per heavy atom. The molecule has 1 aromatic heterocycles. The van der Waals surface area contributed by atoms with E-state index < -0.39 is 12.0 Å². The van der Waals surface area contributed by atoms with E-state index in [2.05, 4.69) is 10.1 Å². The van der Waals surface area contributed by atoms with Gasteiger partial charge in [-0.3, -0.25) is 4.79 Å². The zero-order valence-electron chi connectivity index (χ0n) is 10.8. The molecule has 0 bridgehead atoms. The summed E-state index contributed by atoms with van der Waals surface area (Å²) < 4.78 is 4.98. The number of hydrogen-bond acceptors (Lipinski definition) is 5. The van der Waals surface area contributed by atoms with E-state index in [1.54, 1.807) is 31.2 Å². The molecule has 0 radical (unpaired) electrons. The van der Waals surface area contributed by atoms with Crippen LogP contribution in [0.25, 0.3) is 11.5 Å². The van der Waals surface area contributed by atoms with Crippen LogP contribution < -0.4 is 0 Å². The Balaban J connectivity index is 2.24. The first kappa shape index (κ1) is 13.7. The summed E-state index contributed by atoms with van der Waals surface area (Å²) in [6.07, 6.45) is -0.815. The summed E-state index contributed by atoms with van der Waals surface area (Å²) >= 11 is 0. The van der Waals surface area contributed by atoms with Gasteiger partial charge in [0.1, 0.15) is 0 Å². The Kier molecular flexibility index (Phi) is 4.09. The molecule has 0 aliphatic carbocycles. The summed E-state index contributed by atoms with van der Waals surface area (Å²) in [6, 6.07) is 8.92. The van der Waals surface area contributed by atoms with Gasteiger partial charge in [-0.15, -0.1) is 0 Å². The quantitative estimate of drug-likeness (QED) is 0.919. The summed E-state index contributed by atoms with van der Waals surface area (Å²) in [6.45, 7) is 1.86.